The zero-order chi connectivity index (χ0) is 15.7. The van der Waals surface area contributed by atoms with Crippen molar-refractivity contribution in [1.29, 1.82) is 0 Å². The molecular formula is C17H15BrN2OS. The van der Waals surface area contributed by atoms with Crippen molar-refractivity contribution in [3.05, 3.63) is 57.6 Å². The average Bonchev–Trinajstić information content (AvgIpc) is 2.84. The average molecular weight is 375 g/mol. The molecule has 112 valence electrons. The number of nitrogens with one attached hydrogen (secondary N) is 1. The van der Waals surface area contributed by atoms with Crippen LogP contribution in [0.1, 0.15) is 16.7 Å². The Labute approximate surface area is 141 Å². The van der Waals surface area contributed by atoms with Gasteiger partial charge in [-0.25, -0.2) is 4.98 Å². The number of fused-ring (bicyclic) bond motifs is 1. The van der Waals surface area contributed by atoms with E-state index < -0.39 is 0 Å². The van der Waals surface area contributed by atoms with Gasteiger partial charge in [0.1, 0.15) is 0 Å². The molecule has 3 rings (SSSR count). The Morgan fingerprint density at radius 2 is 2.00 bits per heavy atom. The first-order valence-corrected chi connectivity index (χ1v) is 8.54. The second kappa shape index (κ2) is 6.18. The zero-order valence-electron chi connectivity index (χ0n) is 12.3. The molecular weight excluding hydrogens is 360 g/mol. The number of hydrogen-bond acceptors (Lipinski definition) is 3. The van der Waals surface area contributed by atoms with E-state index in [1.807, 2.05) is 30.3 Å². The lowest BCUT2D eigenvalue weighted by Crippen LogP contribution is -2.14. The zero-order valence-corrected chi connectivity index (χ0v) is 14.7. The SMILES string of the molecule is Cc1ccc(CC(=O)Nc2nc3ccc(Br)cc3s2)cc1C. The van der Waals surface area contributed by atoms with Crippen molar-refractivity contribution in [3.8, 4) is 0 Å². The minimum absolute atomic E-state index is 0.0404. The minimum atomic E-state index is -0.0404. The fourth-order valence-corrected chi connectivity index (χ4v) is 3.65. The summed E-state index contributed by atoms with van der Waals surface area (Å²) in [7, 11) is 0. The number of amides is 1. The fourth-order valence-electron chi connectivity index (χ4n) is 2.21. The number of carbonyl (C=O) groups is 1. The molecule has 0 unspecified atom stereocenters. The third kappa shape index (κ3) is 3.36. The molecule has 0 atom stereocenters. The van der Waals surface area contributed by atoms with E-state index in [0.717, 1.165) is 20.3 Å². The second-order valence-electron chi connectivity index (χ2n) is 5.27. The van der Waals surface area contributed by atoms with Gasteiger partial charge in [-0.2, -0.15) is 0 Å². The largest absolute Gasteiger partial charge is 0.302 e. The molecule has 0 aliphatic heterocycles. The van der Waals surface area contributed by atoms with Crippen LogP contribution >= 0.6 is 27.3 Å². The Hall–Kier alpha value is -1.72. The number of hydrogen-bond donors (Lipinski definition) is 1. The second-order valence-corrected chi connectivity index (χ2v) is 7.22. The van der Waals surface area contributed by atoms with Crippen molar-refractivity contribution in [2.75, 3.05) is 5.32 Å². The van der Waals surface area contributed by atoms with Crippen LogP contribution in [0.4, 0.5) is 5.13 Å². The lowest BCUT2D eigenvalue weighted by molar-refractivity contribution is -0.115. The molecule has 1 aromatic heterocycles. The standard InChI is InChI=1S/C17H15BrN2OS/c1-10-3-4-12(7-11(10)2)8-16(21)20-17-19-14-6-5-13(18)9-15(14)22-17/h3-7,9H,8H2,1-2H3,(H,19,20,21). The molecule has 2 aromatic carbocycles. The first-order chi connectivity index (χ1) is 10.5. The monoisotopic (exact) mass is 374 g/mol. The minimum Gasteiger partial charge on any atom is -0.302 e. The van der Waals surface area contributed by atoms with Gasteiger partial charge < -0.3 is 5.32 Å². The van der Waals surface area contributed by atoms with Gasteiger partial charge in [-0.1, -0.05) is 45.5 Å². The maximum absolute atomic E-state index is 12.2. The van der Waals surface area contributed by atoms with Gasteiger partial charge in [-0.05, 0) is 48.7 Å². The molecule has 0 bridgehead atoms. The van der Waals surface area contributed by atoms with Crippen molar-refractivity contribution in [1.82, 2.24) is 4.98 Å². The highest BCUT2D eigenvalue weighted by molar-refractivity contribution is 9.10. The van der Waals surface area contributed by atoms with Gasteiger partial charge in [-0.3, -0.25) is 4.79 Å². The van der Waals surface area contributed by atoms with Gasteiger partial charge >= 0.3 is 0 Å². The Bertz CT molecular complexity index is 857. The number of carbonyl (C=O) groups excluding carboxylic acids is 1. The Balaban J connectivity index is 1.73. The summed E-state index contributed by atoms with van der Waals surface area (Å²) >= 11 is 4.92. The Morgan fingerprint density at radius 3 is 2.77 bits per heavy atom. The number of benzene rings is 2. The van der Waals surface area contributed by atoms with E-state index in [0.29, 0.717) is 11.6 Å². The Kier molecular flexibility index (Phi) is 4.27. The summed E-state index contributed by atoms with van der Waals surface area (Å²) in [6.45, 7) is 4.13. The van der Waals surface area contributed by atoms with E-state index >= 15 is 0 Å². The van der Waals surface area contributed by atoms with Gasteiger partial charge in [0.2, 0.25) is 5.91 Å². The third-order valence-corrected chi connectivity index (χ3v) is 4.96. The van der Waals surface area contributed by atoms with Crippen LogP contribution in [-0.2, 0) is 11.2 Å². The van der Waals surface area contributed by atoms with Crippen molar-refractivity contribution < 1.29 is 4.79 Å². The predicted molar refractivity (Wildman–Crippen MR) is 95.6 cm³/mol. The molecule has 5 heteroatoms. The number of aromatic nitrogens is 1. The van der Waals surface area contributed by atoms with Crippen molar-refractivity contribution in [3.63, 3.8) is 0 Å². The normalized spacial score (nSPS) is 10.9. The molecule has 22 heavy (non-hydrogen) atoms. The molecule has 0 aliphatic rings. The van der Waals surface area contributed by atoms with Gasteiger partial charge in [0, 0.05) is 4.47 Å². The quantitative estimate of drug-likeness (QED) is 0.711. The first-order valence-electron chi connectivity index (χ1n) is 6.93. The van der Waals surface area contributed by atoms with E-state index in [1.54, 1.807) is 0 Å². The highest BCUT2D eigenvalue weighted by atomic mass is 79.9. The van der Waals surface area contributed by atoms with E-state index in [9.17, 15) is 4.79 Å². The van der Waals surface area contributed by atoms with E-state index in [4.69, 9.17) is 0 Å². The summed E-state index contributed by atoms with van der Waals surface area (Å²) in [6, 6.07) is 12.0. The topological polar surface area (TPSA) is 42.0 Å². The summed E-state index contributed by atoms with van der Waals surface area (Å²) in [5.41, 5.74) is 4.36. The van der Waals surface area contributed by atoms with Gasteiger partial charge in [0.05, 0.1) is 16.6 Å². The molecule has 3 nitrogen and oxygen atoms in total. The highest BCUT2D eigenvalue weighted by Gasteiger charge is 2.09. The molecule has 0 saturated carbocycles. The molecule has 0 aliphatic carbocycles. The molecule has 1 heterocycles. The predicted octanol–water partition coefficient (Wildman–Crippen LogP) is 4.86. The summed E-state index contributed by atoms with van der Waals surface area (Å²) in [5, 5.41) is 3.53. The van der Waals surface area contributed by atoms with Crippen molar-refractivity contribution in [2.24, 2.45) is 0 Å². The number of aryl methyl sites for hydroxylation is 2. The highest BCUT2D eigenvalue weighted by Crippen LogP contribution is 2.28. The summed E-state index contributed by atoms with van der Waals surface area (Å²) in [4.78, 5) is 16.6. The van der Waals surface area contributed by atoms with E-state index in [2.05, 4.69) is 46.1 Å². The van der Waals surface area contributed by atoms with Crippen LogP contribution in [0.2, 0.25) is 0 Å². The maximum Gasteiger partial charge on any atom is 0.230 e. The van der Waals surface area contributed by atoms with Crippen LogP contribution in [0.15, 0.2) is 40.9 Å². The molecule has 0 fully saturated rings. The van der Waals surface area contributed by atoms with Crippen LogP contribution in [0, 0.1) is 13.8 Å². The number of anilines is 1. The molecule has 0 saturated heterocycles. The van der Waals surface area contributed by atoms with Gasteiger partial charge in [0.15, 0.2) is 5.13 Å². The van der Waals surface area contributed by atoms with Gasteiger partial charge in [0.25, 0.3) is 0 Å². The van der Waals surface area contributed by atoms with Crippen LogP contribution in [0.25, 0.3) is 10.2 Å². The van der Waals surface area contributed by atoms with Crippen LogP contribution in [-0.4, -0.2) is 10.9 Å². The van der Waals surface area contributed by atoms with Crippen LogP contribution in [0.3, 0.4) is 0 Å². The smallest absolute Gasteiger partial charge is 0.230 e. The summed E-state index contributed by atoms with van der Waals surface area (Å²) < 4.78 is 2.06. The number of nitrogens with zero attached hydrogens (tertiary/aromatic N) is 1. The van der Waals surface area contributed by atoms with Gasteiger partial charge in [-0.15, -0.1) is 0 Å². The molecule has 0 radical (unpaired) electrons. The summed E-state index contributed by atoms with van der Waals surface area (Å²) in [6.07, 6.45) is 0.362. The number of thiazole rings is 1. The molecule has 3 aromatic rings. The number of halogens is 1. The van der Waals surface area contributed by atoms with Crippen LogP contribution in [0.5, 0.6) is 0 Å². The molecule has 1 amide bonds. The van der Waals surface area contributed by atoms with E-state index in [1.165, 1.54) is 22.5 Å². The maximum atomic E-state index is 12.2. The molecule has 1 N–H and O–H groups in total. The van der Waals surface area contributed by atoms with E-state index in [-0.39, 0.29) is 5.91 Å². The fraction of sp³-hybridized carbons (Fsp3) is 0.176. The third-order valence-electron chi connectivity index (χ3n) is 3.53. The lowest BCUT2D eigenvalue weighted by atomic mass is 10.0. The first kappa shape index (κ1) is 15.2. The molecule has 0 spiro atoms. The van der Waals surface area contributed by atoms with Crippen molar-refractivity contribution >= 4 is 48.5 Å². The Morgan fingerprint density at radius 1 is 1.18 bits per heavy atom. The summed E-state index contributed by atoms with van der Waals surface area (Å²) in [5.74, 6) is -0.0404. The lowest BCUT2D eigenvalue weighted by Gasteiger charge is -2.05. The number of rotatable bonds is 3. The van der Waals surface area contributed by atoms with Crippen LogP contribution < -0.4 is 5.32 Å². The van der Waals surface area contributed by atoms with Crippen molar-refractivity contribution in [2.45, 2.75) is 20.3 Å².